The standard InChI is InChI=1S/C26H26F3N3O2/c1-15-10-16(2)12-20(11-15)22(26(27,28)29)9-5-18-4-8-21(17(3)13-18)24(33)30-14-23-31-32-25(34-23)19-6-7-19/h4-5,8-13,19,22H,6-7,14H2,1-3H3,(H,30,33)/b9-5+. The van der Waals surface area contributed by atoms with E-state index in [1.54, 1.807) is 51.1 Å². The minimum absolute atomic E-state index is 0.114. The van der Waals surface area contributed by atoms with Gasteiger partial charge in [-0.1, -0.05) is 53.6 Å². The highest BCUT2D eigenvalue weighted by atomic mass is 19.4. The fourth-order valence-corrected chi connectivity index (χ4v) is 3.94. The lowest BCUT2D eigenvalue weighted by atomic mass is 9.93. The topological polar surface area (TPSA) is 68.0 Å². The van der Waals surface area contributed by atoms with Crippen molar-refractivity contribution in [2.24, 2.45) is 0 Å². The minimum atomic E-state index is -4.42. The molecule has 1 aliphatic rings. The van der Waals surface area contributed by atoms with Crippen LogP contribution in [0.1, 0.15) is 74.6 Å². The number of nitrogens with zero attached hydrogens (tertiary/aromatic N) is 2. The van der Waals surface area contributed by atoms with Crippen LogP contribution >= 0.6 is 0 Å². The first kappa shape index (κ1) is 23.7. The van der Waals surface area contributed by atoms with E-state index in [9.17, 15) is 18.0 Å². The molecule has 0 spiro atoms. The van der Waals surface area contributed by atoms with E-state index in [2.05, 4.69) is 15.5 Å². The van der Waals surface area contributed by atoms with Gasteiger partial charge in [0, 0.05) is 11.5 Å². The molecule has 1 atom stereocenters. The van der Waals surface area contributed by atoms with Gasteiger partial charge in [-0.15, -0.1) is 10.2 Å². The summed E-state index contributed by atoms with van der Waals surface area (Å²) in [6, 6.07) is 9.89. The monoisotopic (exact) mass is 469 g/mol. The Kier molecular flexibility index (Phi) is 6.59. The lowest BCUT2D eigenvalue weighted by Crippen LogP contribution is -2.23. The Morgan fingerprint density at radius 3 is 2.44 bits per heavy atom. The van der Waals surface area contributed by atoms with Crippen LogP contribution in [0.15, 0.2) is 46.9 Å². The predicted molar refractivity (Wildman–Crippen MR) is 122 cm³/mol. The highest BCUT2D eigenvalue weighted by molar-refractivity contribution is 5.95. The quantitative estimate of drug-likeness (QED) is 0.450. The summed E-state index contributed by atoms with van der Waals surface area (Å²) in [5, 5.41) is 10.7. The van der Waals surface area contributed by atoms with Crippen LogP contribution in [-0.2, 0) is 6.54 Å². The fourth-order valence-electron chi connectivity index (χ4n) is 3.94. The largest absolute Gasteiger partial charge is 0.423 e. The summed E-state index contributed by atoms with van der Waals surface area (Å²) in [4.78, 5) is 12.6. The molecular weight excluding hydrogens is 443 g/mol. The maximum absolute atomic E-state index is 13.8. The average Bonchev–Trinajstić information content (AvgIpc) is 3.48. The van der Waals surface area contributed by atoms with Gasteiger partial charge in [-0.3, -0.25) is 4.79 Å². The second kappa shape index (κ2) is 9.44. The number of rotatable bonds is 7. The summed E-state index contributed by atoms with van der Waals surface area (Å²) in [5.74, 6) is -0.745. The summed E-state index contributed by atoms with van der Waals surface area (Å²) >= 11 is 0. The van der Waals surface area contributed by atoms with Crippen molar-refractivity contribution in [3.8, 4) is 0 Å². The van der Waals surface area contributed by atoms with Crippen LogP contribution in [-0.4, -0.2) is 22.3 Å². The molecule has 0 saturated heterocycles. The van der Waals surface area contributed by atoms with Gasteiger partial charge in [-0.25, -0.2) is 0 Å². The number of amides is 1. The van der Waals surface area contributed by atoms with Gasteiger partial charge in [0.05, 0.1) is 12.5 Å². The number of alkyl halides is 3. The number of allylic oxidation sites excluding steroid dienone is 1. The Bertz CT molecular complexity index is 1210. The third-order valence-corrected chi connectivity index (χ3v) is 5.74. The summed E-state index contributed by atoms with van der Waals surface area (Å²) in [6.07, 6.45) is 0.280. The smallest absolute Gasteiger partial charge is 0.399 e. The van der Waals surface area contributed by atoms with E-state index >= 15 is 0 Å². The molecular formula is C26H26F3N3O2. The molecule has 1 N–H and O–H groups in total. The van der Waals surface area contributed by atoms with Gasteiger partial charge in [0.1, 0.15) is 0 Å². The van der Waals surface area contributed by atoms with Crippen LogP contribution in [0.5, 0.6) is 0 Å². The Morgan fingerprint density at radius 2 is 1.82 bits per heavy atom. The van der Waals surface area contributed by atoms with E-state index in [4.69, 9.17) is 4.42 Å². The number of halogens is 3. The van der Waals surface area contributed by atoms with Crippen LogP contribution in [0.2, 0.25) is 0 Å². The van der Waals surface area contributed by atoms with Crippen molar-refractivity contribution in [3.63, 3.8) is 0 Å². The van der Waals surface area contributed by atoms with E-state index in [0.717, 1.165) is 30.0 Å². The number of hydrogen-bond donors (Lipinski definition) is 1. The van der Waals surface area contributed by atoms with E-state index in [-0.39, 0.29) is 18.0 Å². The van der Waals surface area contributed by atoms with Crippen LogP contribution in [0.3, 0.4) is 0 Å². The molecule has 0 bridgehead atoms. The molecule has 1 fully saturated rings. The maximum Gasteiger partial charge on any atom is 0.399 e. The van der Waals surface area contributed by atoms with Crippen molar-refractivity contribution in [2.75, 3.05) is 0 Å². The fraction of sp³-hybridized carbons (Fsp3) is 0.346. The molecule has 8 heteroatoms. The van der Waals surface area contributed by atoms with E-state index in [1.807, 2.05) is 6.07 Å². The Balaban J connectivity index is 1.45. The van der Waals surface area contributed by atoms with E-state index in [1.165, 1.54) is 6.08 Å². The minimum Gasteiger partial charge on any atom is -0.423 e. The molecule has 3 aromatic rings. The average molecular weight is 470 g/mol. The second-order valence-electron chi connectivity index (χ2n) is 8.86. The SMILES string of the molecule is Cc1cc(C)cc(C(/C=C/c2ccc(C(=O)NCc3nnc(C4CC4)o3)c(C)c2)C(F)(F)F)c1. The normalized spacial score (nSPS) is 15.0. The summed E-state index contributed by atoms with van der Waals surface area (Å²) in [7, 11) is 0. The highest BCUT2D eigenvalue weighted by Gasteiger charge is 2.39. The van der Waals surface area contributed by atoms with Gasteiger partial charge in [0.25, 0.3) is 5.91 Å². The van der Waals surface area contributed by atoms with E-state index < -0.39 is 12.1 Å². The molecule has 4 rings (SSSR count). The lowest BCUT2D eigenvalue weighted by Gasteiger charge is -2.18. The number of aromatic nitrogens is 2. The molecule has 1 saturated carbocycles. The Hall–Kier alpha value is -3.42. The number of aryl methyl sites for hydroxylation is 3. The van der Waals surface area contributed by atoms with Crippen LogP contribution in [0.4, 0.5) is 13.2 Å². The van der Waals surface area contributed by atoms with Gasteiger partial charge < -0.3 is 9.73 Å². The van der Waals surface area contributed by atoms with E-state index in [0.29, 0.717) is 34.4 Å². The van der Waals surface area contributed by atoms with Crippen LogP contribution in [0, 0.1) is 20.8 Å². The zero-order valence-corrected chi connectivity index (χ0v) is 19.2. The molecule has 34 heavy (non-hydrogen) atoms. The molecule has 0 radical (unpaired) electrons. The third-order valence-electron chi connectivity index (χ3n) is 5.74. The van der Waals surface area contributed by atoms with Gasteiger partial charge in [-0.05, 0) is 56.4 Å². The van der Waals surface area contributed by atoms with Gasteiger partial charge in [0.2, 0.25) is 11.8 Å². The van der Waals surface area contributed by atoms with Crippen LogP contribution in [0.25, 0.3) is 6.08 Å². The summed E-state index contributed by atoms with van der Waals surface area (Å²) < 4.78 is 46.9. The van der Waals surface area contributed by atoms with Crippen molar-refractivity contribution >= 4 is 12.0 Å². The number of benzene rings is 2. The molecule has 0 aliphatic heterocycles. The maximum atomic E-state index is 13.8. The van der Waals surface area contributed by atoms with Crippen molar-refractivity contribution in [2.45, 2.75) is 58.2 Å². The van der Waals surface area contributed by atoms with Crippen molar-refractivity contribution in [1.29, 1.82) is 0 Å². The molecule has 5 nitrogen and oxygen atoms in total. The number of nitrogens with one attached hydrogen (secondary N) is 1. The number of hydrogen-bond acceptors (Lipinski definition) is 4. The van der Waals surface area contributed by atoms with Crippen molar-refractivity contribution < 1.29 is 22.4 Å². The zero-order valence-electron chi connectivity index (χ0n) is 19.2. The lowest BCUT2D eigenvalue weighted by molar-refractivity contribution is -0.139. The molecule has 1 amide bonds. The first-order valence-electron chi connectivity index (χ1n) is 11.1. The number of carbonyl (C=O) groups is 1. The molecule has 1 aromatic heterocycles. The predicted octanol–water partition coefficient (Wildman–Crippen LogP) is 6.16. The summed E-state index contributed by atoms with van der Waals surface area (Å²) in [6.45, 7) is 5.43. The number of carbonyl (C=O) groups excluding carboxylic acids is 1. The Morgan fingerprint density at radius 1 is 1.12 bits per heavy atom. The molecule has 2 aromatic carbocycles. The van der Waals surface area contributed by atoms with Crippen LogP contribution < -0.4 is 5.32 Å². The molecule has 1 heterocycles. The Labute approximate surface area is 196 Å². The molecule has 178 valence electrons. The zero-order chi connectivity index (χ0) is 24.5. The highest BCUT2D eigenvalue weighted by Crippen LogP contribution is 2.39. The van der Waals surface area contributed by atoms with Crippen molar-refractivity contribution in [3.05, 3.63) is 87.6 Å². The first-order chi connectivity index (χ1) is 16.1. The van der Waals surface area contributed by atoms with Crippen molar-refractivity contribution in [1.82, 2.24) is 15.5 Å². The third kappa shape index (κ3) is 5.73. The van der Waals surface area contributed by atoms with Gasteiger partial charge >= 0.3 is 6.18 Å². The first-order valence-corrected chi connectivity index (χ1v) is 11.1. The van der Waals surface area contributed by atoms with Gasteiger partial charge in [-0.2, -0.15) is 13.2 Å². The molecule has 1 unspecified atom stereocenters. The summed E-state index contributed by atoms with van der Waals surface area (Å²) in [5.41, 5.74) is 3.44. The second-order valence-corrected chi connectivity index (χ2v) is 8.86. The van der Waals surface area contributed by atoms with Gasteiger partial charge in [0.15, 0.2) is 0 Å². The molecule has 1 aliphatic carbocycles.